The topological polar surface area (TPSA) is 80.1 Å². The summed E-state index contributed by atoms with van der Waals surface area (Å²) in [5.41, 5.74) is 1.22. The van der Waals surface area contributed by atoms with E-state index in [1.165, 1.54) is 17.8 Å². The molecule has 4 rings (SSSR count). The summed E-state index contributed by atoms with van der Waals surface area (Å²) in [5, 5.41) is 13.6. The van der Waals surface area contributed by atoms with Gasteiger partial charge in [0, 0.05) is 16.5 Å². The van der Waals surface area contributed by atoms with Gasteiger partial charge in [-0.3, -0.25) is 9.59 Å². The van der Waals surface area contributed by atoms with Crippen LogP contribution in [0.4, 0.5) is 0 Å². The molecule has 33 heavy (non-hydrogen) atoms. The van der Waals surface area contributed by atoms with E-state index in [9.17, 15) is 9.59 Å². The van der Waals surface area contributed by atoms with Gasteiger partial charge in [-0.25, -0.2) is 4.68 Å². The molecule has 176 valence electrons. The summed E-state index contributed by atoms with van der Waals surface area (Å²) in [4.78, 5) is 30.3. The zero-order valence-electron chi connectivity index (χ0n) is 19.7. The zero-order chi connectivity index (χ0) is 23.4. The molecule has 2 aromatic heterocycles. The number of thiophene rings is 1. The molecule has 0 radical (unpaired) electrons. The lowest BCUT2D eigenvalue weighted by Gasteiger charge is -2.40. The molecule has 1 aliphatic rings. The molecule has 0 spiro atoms. The van der Waals surface area contributed by atoms with E-state index >= 15 is 0 Å². The second-order valence-electron chi connectivity index (χ2n) is 9.47. The number of nitrogens with one attached hydrogen (secondary N) is 1. The first-order chi connectivity index (χ1) is 15.9. The molecule has 2 amide bonds. The Balaban J connectivity index is 1.70. The number of nitrogens with zero attached hydrogens (tertiary/aromatic N) is 4. The molecule has 1 N–H and O–H groups in total. The summed E-state index contributed by atoms with van der Waals surface area (Å²) in [5.74, 6) is -0.216. The SMILES string of the molecule is CCC(C)(C)NC(=O)[C@@H](c1cccs1)N(C(=O)Cn1nnc2ccccc21)C1CCCCC1. The highest BCUT2D eigenvalue weighted by atomic mass is 32.1. The lowest BCUT2D eigenvalue weighted by atomic mass is 9.92. The van der Waals surface area contributed by atoms with Crippen LogP contribution in [0, 0.1) is 0 Å². The highest BCUT2D eigenvalue weighted by Gasteiger charge is 2.39. The van der Waals surface area contributed by atoms with E-state index < -0.39 is 6.04 Å². The van der Waals surface area contributed by atoms with Crippen LogP contribution >= 0.6 is 11.3 Å². The van der Waals surface area contributed by atoms with Gasteiger partial charge in [0.2, 0.25) is 11.8 Å². The van der Waals surface area contributed by atoms with Crippen molar-refractivity contribution < 1.29 is 9.59 Å². The van der Waals surface area contributed by atoms with Gasteiger partial charge in [0.05, 0.1) is 5.52 Å². The third-order valence-electron chi connectivity index (χ3n) is 6.65. The first kappa shape index (κ1) is 23.4. The fourth-order valence-electron chi connectivity index (χ4n) is 4.49. The molecular formula is C25H33N5O2S. The lowest BCUT2D eigenvalue weighted by molar-refractivity contribution is -0.145. The maximum absolute atomic E-state index is 13.9. The minimum atomic E-state index is -0.652. The molecule has 1 aromatic carbocycles. The highest BCUT2D eigenvalue weighted by Crippen LogP contribution is 2.34. The Kier molecular flexibility index (Phi) is 7.12. The van der Waals surface area contributed by atoms with Crippen LogP contribution in [0.1, 0.15) is 70.2 Å². The highest BCUT2D eigenvalue weighted by molar-refractivity contribution is 7.10. The van der Waals surface area contributed by atoms with Crippen molar-refractivity contribution in [3.05, 3.63) is 46.7 Å². The summed E-state index contributed by atoms with van der Waals surface area (Å²) in [6.07, 6.45) is 5.94. The van der Waals surface area contributed by atoms with Gasteiger partial charge >= 0.3 is 0 Å². The number of aromatic nitrogens is 3. The van der Waals surface area contributed by atoms with Crippen molar-refractivity contribution in [1.29, 1.82) is 0 Å². The van der Waals surface area contributed by atoms with E-state index in [1.807, 2.05) is 60.5 Å². The molecule has 1 aliphatic carbocycles. The van der Waals surface area contributed by atoms with Gasteiger partial charge in [-0.1, -0.05) is 49.6 Å². The van der Waals surface area contributed by atoms with Crippen LogP contribution in [0.2, 0.25) is 0 Å². The van der Waals surface area contributed by atoms with Gasteiger partial charge in [-0.2, -0.15) is 0 Å². The van der Waals surface area contributed by atoms with Gasteiger partial charge in [0.25, 0.3) is 0 Å². The number of fused-ring (bicyclic) bond motifs is 1. The monoisotopic (exact) mass is 467 g/mol. The summed E-state index contributed by atoms with van der Waals surface area (Å²) in [6, 6.07) is 10.9. The molecule has 7 nitrogen and oxygen atoms in total. The summed E-state index contributed by atoms with van der Waals surface area (Å²) >= 11 is 1.52. The Labute approximate surface area is 199 Å². The van der Waals surface area contributed by atoms with Crippen molar-refractivity contribution in [3.63, 3.8) is 0 Å². The van der Waals surface area contributed by atoms with Gasteiger partial charge in [0.1, 0.15) is 18.1 Å². The molecule has 8 heteroatoms. The predicted octanol–water partition coefficient (Wildman–Crippen LogP) is 4.70. The Morgan fingerprint density at radius 1 is 1.18 bits per heavy atom. The number of carbonyl (C=O) groups is 2. The number of para-hydroxylation sites is 1. The normalized spacial score (nSPS) is 16.0. The Morgan fingerprint density at radius 2 is 1.94 bits per heavy atom. The van der Waals surface area contributed by atoms with Crippen LogP contribution in [0.25, 0.3) is 11.0 Å². The minimum Gasteiger partial charge on any atom is -0.349 e. The second-order valence-corrected chi connectivity index (χ2v) is 10.5. The Bertz CT molecular complexity index is 1090. The molecule has 1 atom stereocenters. The Hall–Kier alpha value is -2.74. The molecule has 2 heterocycles. The van der Waals surface area contributed by atoms with Gasteiger partial charge in [0.15, 0.2) is 0 Å². The van der Waals surface area contributed by atoms with Gasteiger partial charge in [-0.15, -0.1) is 16.4 Å². The maximum Gasteiger partial charge on any atom is 0.248 e. The third kappa shape index (κ3) is 5.27. The number of rotatable bonds is 8. The number of hydrogen-bond donors (Lipinski definition) is 1. The average molecular weight is 468 g/mol. The fourth-order valence-corrected chi connectivity index (χ4v) is 5.31. The molecule has 0 saturated heterocycles. The van der Waals surface area contributed by atoms with E-state index in [0.717, 1.165) is 48.0 Å². The number of hydrogen-bond acceptors (Lipinski definition) is 5. The van der Waals surface area contributed by atoms with E-state index in [0.29, 0.717) is 0 Å². The third-order valence-corrected chi connectivity index (χ3v) is 7.57. The van der Waals surface area contributed by atoms with Crippen molar-refractivity contribution in [2.75, 3.05) is 0 Å². The van der Waals surface area contributed by atoms with Crippen LogP contribution in [0.5, 0.6) is 0 Å². The Morgan fingerprint density at radius 3 is 2.64 bits per heavy atom. The summed E-state index contributed by atoms with van der Waals surface area (Å²) in [7, 11) is 0. The molecule has 1 saturated carbocycles. The summed E-state index contributed by atoms with van der Waals surface area (Å²) in [6.45, 7) is 6.15. The van der Waals surface area contributed by atoms with E-state index in [1.54, 1.807) is 4.68 Å². The van der Waals surface area contributed by atoms with E-state index in [-0.39, 0.29) is 29.9 Å². The standard InChI is InChI=1S/C25H33N5O2S/c1-4-25(2,3)26-24(32)23(21-15-10-16-33-21)30(18-11-6-5-7-12-18)22(31)17-29-20-14-9-8-13-19(20)27-28-29/h8-10,13-16,18,23H,4-7,11-12,17H2,1-3H3,(H,26,32)/t23-/m1/s1. The van der Waals surface area contributed by atoms with E-state index in [4.69, 9.17) is 0 Å². The largest absolute Gasteiger partial charge is 0.349 e. The van der Waals surface area contributed by atoms with Crippen LogP contribution in [-0.4, -0.2) is 43.3 Å². The van der Waals surface area contributed by atoms with Crippen molar-refractivity contribution in [2.45, 2.75) is 83.5 Å². The predicted molar refractivity (Wildman–Crippen MR) is 131 cm³/mol. The second kappa shape index (κ2) is 10.0. The molecule has 0 unspecified atom stereocenters. The first-order valence-corrected chi connectivity index (χ1v) is 12.7. The number of carbonyl (C=O) groups excluding carboxylic acids is 2. The molecule has 1 fully saturated rings. The minimum absolute atomic E-state index is 0.0311. The maximum atomic E-state index is 13.9. The molecular weight excluding hydrogens is 434 g/mol. The number of amides is 2. The van der Waals surface area contributed by atoms with Gasteiger partial charge < -0.3 is 10.2 Å². The van der Waals surface area contributed by atoms with Crippen LogP contribution in [0.15, 0.2) is 41.8 Å². The quantitative estimate of drug-likeness (QED) is 0.521. The molecule has 3 aromatic rings. The fraction of sp³-hybridized carbons (Fsp3) is 0.520. The van der Waals surface area contributed by atoms with Crippen molar-refractivity contribution >= 4 is 34.2 Å². The van der Waals surface area contributed by atoms with Crippen molar-refractivity contribution in [1.82, 2.24) is 25.2 Å². The van der Waals surface area contributed by atoms with Crippen molar-refractivity contribution in [2.24, 2.45) is 0 Å². The smallest absolute Gasteiger partial charge is 0.248 e. The summed E-state index contributed by atoms with van der Waals surface area (Å²) < 4.78 is 1.65. The van der Waals surface area contributed by atoms with Crippen molar-refractivity contribution in [3.8, 4) is 0 Å². The molecule has 0 bridgehead atoms. The van der Waals surface area contributed by atoms with Gasteiger partial charge in [-0.05, 0) is 56.7 Å². The molecule has 0 aliphatic heterocycles. The van der Waals surface area contributed by atoms with Crippen LogP contribution < -0.4 is 5.32 Å². The van der Waals surface area contributed by atoms with E-state index in [2.05, 4.69) is 22.6 Å². The first-order valence-electron chi connectivity index (χ1n) is 11.8. The average Bonchev–Trinajstić information content (AvgIpc) is 3.48. The van der Waals surface area contributed by atoms with Crippen LogP contribution in [0.3, 0.4) is 0 Å². The lowest BCUT2D eigenvalue weighted by Crippen LogP contribution is -2.53. The number of benzene rings is 1. The van der Waals surface area contributed by atoms with Crippen LogP contribution in [-0.2, 0) is 16.1 Å². The zero-order valence-corrected chi connectivity index (χ0v) is 20.5.